The van der Waals surface area contributed by atoms with E-state index in [4.69, 9.17) is 0 Å². The van der Waals surface area contributed by atoms with Gasteiger partial charge in [0.15, 0.2) is 0 Å². The zero-order valence-electron chi connectivity index (χ0n) is 29.5. The number of rotatable bonds is 4. The highest BCUT2D eigenvalue weighted by Crippen LogP contribution is 2.42. The fraction of sp³-hybridized carbons (Fsp3) is 0. The summed E-state index contributed by atoms with van der Waals surface area (Å²) in [5, 5.41) is 27.0. The molecule has 0 saturated heterocycles. The number of nitriles is 2. The molecular weight excluding hydrogens is 671 g/mol. The molecule has 0 saturated carbocycles. The number of para-hydroxylation sites is 4. The van der Waals surface area contributed by atoms with Gasteiger partial charge in [-0.05, 0) is 84.4 Å². The minimum Gasteiger partial charge on any atom is -0.309 e. The van der Waals surface area contributed by atoms with Crippen LogP contribution in [0.5, 0.6) is 0 Å². The zero-order chi connectivity index (χ0) is 36.6. The quantitative estimate of drug-likeness (QED) is 0.184. The number of hydrogen-bond donors (Lipinski definition) is 0. The normalized spacial score (nSPS) is 11.6. The predicted octanol–water partition coefficient (Wildman–Crippen LogP) is 12.4. The average molecular weight is 700 g/mol. The molecule has 0 spiro atoms. The first kappa shape index (κ1) is 30.7. The van der Waals surface area contributed by atoms with Gasteiger partial charge in [-0.2, -0.15) is 10.5 Å². The van der Waals surface area contributed by atoms with Gasteiger partial charge in [0.1, 0.15) is 0 Å². The van der Waals surface area contributed by atoms with Crippen molar-refractivity contribution in [3.05, 3.63) is 187 Å². The summed E-state index contributed by atoms with van der Waals surface area (Å²) in [5.74, 6) is 0. The standard InChI is InChI=1S/C50H29N5/c51-30-32-26-27-45(55-44-22-8-3-17-38(44)49-34(31-52)13-10-23-46(49)55)40(28-32)33-12-9-14-35(29-33)53-43-21-7-4-18-39(43)50-47(53)24-11-25-48(50)54-41-19-5-1-15-36(41)37-16-2-6-20-42(37)54/h1-29H. The largest absolute Gasteiger partial charge is 0.309 e. The summed E-state index contributed by atoms with van der Waals surface area (Å²) in [6.45, 7) is 0. The Balaban J connectivity index is 1.17. The highest BCUT2D eigenvalue weighted by Gasteiger charge is 2.21. The summed E-state index contributed by atoms with van der Waals surface area (Å²) in [4.78, 5) is 0. The Labute approximate surface area is 316 Å². The molecule has 0 amide bonds. The molecule has 11 aromatic rings. The summed E-state index contributed by atoms with van der Waals surface area (Å²) in [6.07, 6.45) is 0. The lowest BCUT2D eigenvalue weighted by molar-refractivity contribution is 1.16. The number of aromatic nitrogens is 3. The molecule has 5 nitrogen and oxygen atoms in total. The number of nitrogens with zero attached hydrogens (tertiary/aromatic N) is 5. The lowest BCUT2D eigenvalue weighted by Crippen LogP contribution is -1.99. The predicted molar refractivity (Wildman–Crippen MR) is 224 cm³/mol. The molecule has 0 fully saturated rings. The van der Waals surface area contributed by atoms with Crippen molar-refractivity contribution < 1.29 is 0 Å². The third-order valence-corrected chi connectivity index (χ3v) is 11.1. The lowest BCUT2D eigenvalue weighted by atomic mass is 10.00. The van der Waals surface area contributed by atoms with Crippen LogP contribution in [-0.4, -0.2) is 13.7 Å². The van der Waals surface area contributed by atoms with E-state index in [-0.39, 0.29) is 0 Å². The summed E-state index contributed by atoms with van der Waals surface area (Å²) >= 11 is 0. The molecule has 11 rings (SSSR count). The fourth-order valence-corrected chi connectivity index (χ4v) is 8.86. The first-order chi connectivity index (χ1) is 27.2. The van der Waals surface area contributed by atoms with E-state index in [1.807, 2.05) is 42.5 Å². The van der Waals surface area contributed by atoms with Gasteiger partial charge in [0.05, 0.1) is 67.7 Å². The van der Waals surface area contributed by atoms with E-state index in [9.17, 15) is 10.5 Å². The first-order valence-corrected chi connectivity index (χ1v) is 18.3. The molecule has 0 N–H and O–H groups in total. The molecule has 3 heterocycles. The second kappa shape index (κ2) is 11.8. The van der Waals surface area contributed by atoms with Crippen molar-refractivity contribution in [1.29, 1.82) is 10.5 Å². The Kier molecular flexibility index (Phi) is 6.61. The van der Waals surface area contributed by atoms with E-state index in [0.29, 0.717) is 11.1 Å². The summed E-state index contributed by atoms with van der Waals surface area (Å²) in [6, 6.07) is 66.0. The molecule has 254 valence electrons. The number of benzene rings is 8. The molecular formula is C50H29N5. The number of fused-ring (bicyclic) bond motifs is 9. The van der Waals surface area contributed by atoms with E-state index >= 15 is 0 Å². The smallest absolute Gasteiger partial charge is 0.0998 e. The molecule has 0 aliphatic heterocycles. The van der Waals surface area contributed by atoms with Crippen molar-refractivity contribution in [2.75, 3.05) is 0 Å². The van der Waals surface area contributed by atoms with Gasteiger partial charge in [-0.1, -0.05) is 97.1 Å². The third kappa shape index (κ3) is 4.39. The molecule has 55 heavy (non-hydrogen) atoms. The lowest BCUT2D eigenvalue weighted by Gasteiger charge is -2.16. The molecule has 8 aromatic carbocycles. The van der Waals surface area contributed by atoms with Crippen LogP contribution in [0.25, 0.3) is 93.6 Å². The monoisotopic (exact) mass is 699 g/mol. The van der Waals surface area contributed by atoms with Gasteiger partial charge < -0.3 is 13.7 Å². The molecule has 0 aliphatic carbocycles. The van der Waals surface area contributed by atoms with E-state index in [1.54, 1.807) is 0 Å². The molecule has 0 aliphatic rings. The molecule has 5 heteroatoms. The molecule has 0 radical (unpaired) electrons. The SMILES string of the molecule is N#Cc1ccc(-n2c3ccccc3c3c(C#N)cccc32)c(-c2cccc(-n3c4ccccc4c4c(-n5c6ccccc6c6ccccc65)cccc43)c2)c1. The molecule has 3 aromatic heterocycles. The van der Waals surface area contributed by atoms with Crippen LogP contribution in [-0.2, 0) is 0 Å². The summed E-state index contributed by atoms with van der Waals surface area (Å²) in [7, 11) is 0. The topological polar surface area (TPSA) is 62.4 Å². The summed E-state index contributed by atoms with van der Waals surface area (Å²) in [5.41, 5.74) is 12.7. The Morgan fingerprint density at radius 2 is 0.891 bits per heavy atom. The first-order valence-electron chi connectivity index (χ1n) is 18.3. The Morgan fingerprint density at radius 3 is 1.56 bits per heavy atom. The average Bonchev–Trinajstić information content (AvgIpc) is 3.89. The van der Waals surface area contributed by atoms with Crippen LogP contribution < -0.4 is 0 Å². The van der Waals surface area contributed by atoms with Crippen molar-refractivity contribution in [3.63, 3.8) is 0 Å². The van der Waals surface area contributed by atoms with Gasteiger partial charge >= 0.3 is 0 Å². The van der Waals surface area contributed by atoms with Crippen molar-refractivity contribution in [2.24, 2.45) is 0 Å². The zero-order valence-corrected chi connectivity index (χ0v) is 29.5. The van der Waals surface area contributed by atoms with E-state index < -0.39 is 0 Å². The molecule has 0 unspecified atom stereocenters. The Bertz CT molecular complexity index is 3420. The second-order valence-electron chi connectivity index (χ2n) is 14.0. The van der Waals surface area contributed by atoms with Crippen molar-refractivity contribution >= 4 is 65.4 Å². The van der Waals surface area contributed by atoms with Crippen LogP contribution >= 0.6 is 0 Å². The van der Waals surface area contributed by atoms with Crippen molar-refractivity contribution in [3.8, 4) is 40.3 Å². The highest BCUT2D eigenvalue weighted by molar-refractivity contribution is 6.17. The second-order valence-corrected chi connectivity index (χ2v) is 14.0. The van der Waals surface area contributed by atoms with E-state index in [0.717, 1.165) is 61.0 Å². The van der Waals surface area contributed by atoms with Gasteiger partial charge in [-0.25, -0.2) is 0 Å². The van der Waals surface area contributed by atoms with E-state index in [2.05, 4.69) is 159 Å². The Hall–Kier alpha value is -7.86. The molecule has 0 bridgehead atoms. The van der Waals surface area contributed by atoms with Gasteiger partial charge in [0.2, 0.25) is 0 Å². The maximum absolute atomic E-state index is 10.1. The Morgan fingerprint density at radius 1 is 0.364 bits per heavy atom. The highest BCUT2D eigenvalue weighted by atomic mass is 15.0. The fourth-order valence-electron chi connectivity index (χ4n) is 8.86. The maximum atomic E-state index is 10.1. The van der Waals surface area contributed by atoms with Crippen LogP contribution in [0.3, 0.4) is 0 Å². The van der Waals surface area contributed by atoms with Crippen molar-refractivity contribution in [1.82, 2.24) is 13.7 Å². The number of hydrogen-bond acceptors (Lipinski definition) is 2. The van der Waals surface area contributed by atoms with Gasteiger partial charge in [0, 0.05) is 43.6 Å². The van der Waals surface area contributed by atoms with Crippen LogP contribution in [0.2, 0.25) is 0 Å². The van der Waals surface area contributed by atoms with Gasteiger partial charge in [-0.3, -0.25) is 0 Å². The van der Waals surface area contributed by atoms with E-state index in [1.165, 1.54) is 32.6 Å². The van der Waals surface area contributed by atoms with Crippen LogP contribution in [0.4, 0.5) is 0 Å². The van der Waals surface area contributed by atoms with Crippen LogP contribution in [0.1, 0.15) is 11.1 Å². The maximum Gasteiger partial charge on any atom is 0.0998 e. The summed E-state index contributed by atoms with van der Waals surface area (Å²) < 4.78 is 7.00. The molecule has 0 atom stereocenters. The minimum atomic E-state index is 0.579. The third-order valence-electron chi connectivity index (χ3n) is 11.1. The van der Waals surface area contributed by atoms with Crippen LogP contribution in [0.15, 0.2) is 176 Å². The van der Waals surface area contributed by atoms with Crippen LogP contribution in [0, 0.1) is 22.7 Å². The van der Waals surface area contributed by atoms with Gasteiger partial charge in [0.25, 0.3) is 0 Å². The minimum absolute atomic E-state index is 0.579. The van der Waals surface area contributed by atoms with Crippen molar-refractivity contribution in [2.45, 2.75) is 0 Å². The van der Waals surface area contributed by atoms with Gasteiger partial charge in [-0.15, -0.1) is 0 Å².